The van der Waals surface area contributed by atoms with Gasteiger partial charge in [0.2, 0.25) is 0 Å². The third-order valence-corrected chi connectivity index (χ3v) is 3.68. The van der Waals surface area contributed by atoms with Crippen LogP contribution in [0.1, 0.15) is 25.0 Å². The van der Waals surface area contributed by atoms with Gasteiger partial charge in [-0.2, -0.15) is 0 Å². The first-order valence-electron chi connectivity index (χ1n) is 6.16. The number of rotatable bonds is 1. The molecule has 1 aromatic rings. The summed E-state index contributed by atoms with van der Waals surface area (Å²) in [5, 5.41) is 3.48. The van der Waals surface area contributed by atoms with Gasteiger partial charge in [-0.25, -0.2) is 0 Å². The van der Waals surface area contributed by atoms with Crippen molar-refractivity contribution in [2.24, 2.45) is 0 Å². The molecule has 1 aliphatic heterocycles. The highest BCUT2D eigenvalue weighted by molar-refractivity contribution is 5.57. The molecule has 88 valence electrons. The van der Waals surface area contributed by atoms with E-state index in [1.54, 1.807) is 0 Å². The van der Waals surface area contributed by atoms with E-state index in [4.69, 9.17) is 0 Å². The molecule has 1 saturated heterocycles. The van der Waals surface area contributed by atoms with E-state index in [0.29, 0.717) is 12.1 Å². The zero-order valence-corrected chi connectivity index (χ0v) is 10.7. The molecule has 0 amide bonds. The Hall–Kier alpha value is -1.02. The zero-order chi connectivity index (χ0) is 11.7. The van der Waals surface area contributed by atoms with Gasteiger partial charge >= 0.3 is 0 Å². The molecule has 2 atom stereocenters. The molecule has 0 radical (unpaired) electrons. The maximum absolute atomic E-state index is 3.48. The summed E-state index contributed by atoms with van der Waals surface area (Å²) in [4.78, 5) is 2.55. The predicted molar refractivity (Wildman–Crippen MR) is 70.2 cm³/mol. The lowest BCUT2D eigenvalue weighted by molar-refractivity contribution is 0.431. The molecule has 0 saturated carbocycles. The van der Waals surface area contributed by atoms with Crippen molar-refractivity contribution in [1.29, 1.82) is 0 Å². The quantitative estimate of drug-likeness (QED) is 0.779. The highest BCUT2D eigenvalue weighted by Crippen LogP contribution is 2.27. The van der Waals surface area contributed by atoms with Crippen LogP contribution in [0, 0.1) is 13.8 Å². The fourth-order valence-corrected chi connectivity index (χ4v) is 2.62. The smallest absolute Gasteiger partial charge is 0.0404 e. The first-order valence-corrected chi connectivity index (χ1v) is 6.16. The van der Waals surface area contributed by atoms with Crippen LogP contribution in [0.25, 0.3) is 0 Å². The van der Waals surface area contributed by atoms with Gasteiger partial charge in [-0.3, -0.25) is 0 Å². The molecule has 2 nitrogen and oxygen atoms in total. The Morgan fingerprint density at radius 3 is 2.38 bits per heavy atom. The summed E-state index contributed by atoms with van der Waals surface area (Å²) < 4.78 is 0. The van der Waals surface area contributed by atoms with Crippen LogP contribution in [0.2, 0.25) is 0 Å². The van der Waals surface area contributed by atoms with Crippen LogP contribution in [0.15, 0.2) is 18.2 Å². The molecule has 0 aliphatic carbocycles. The van der Waals surface area contributed by atoms with Crippen LogP contribution in [-0.4, -0.2) is 25.2 Å². The number of nitrogens with zero attached hydrogens (tertiary/aromatic N) is 1. The Morgan fingerprint density at radius 2 is 1.75 bits per heavy atom. The lowest BCUT2D eigenvalue weighted by Crippen LogP contribution is -2.55. The van der Waals surface area contributed by atoms with Crippen molar-refractivity contribution in [2.45, 2.75) is 39.8 Å². The molecule has 1 aliphatic rings. The van der Waals surface area contributed by atoms with E-state index in [-0.39, 0.29) is 0 Å². The monoisotopic (exact) mass is 218 g/mol. The Kier molecular flexibility index (Phi) is 3.20. The first-order chi connectivity index (χ1) is 7.61. The molecule has 1 fully saturated rings. The van der Waals surface area contributed by atoms with Crippen molar-refractivity contribution in [3.63, 3.8) is 0 Å². The minimum absolute atomic E-state index is 0.573. The molecule has 16 heavy (non-hydrogen) atoms. The number of hydrogen-bond donors (Lipinski definition) is 1. The summed E-state index contributed by atoms with van der Waals surface area (Å²) in [5.74, 6) is 0. The van der Waals surface area contributed by atoms with Crippen molar-refractivity contribution in [2.75, 3.05) is 18.0 Å². The molecule has 0 bridgehead atoms. The molecule has 2 heteroatoms. The Labute approximate surface area is 98.7 Å². The molecule has 1 aromatic carbocycles. The topological polar surface area (TPSA) is 15.3 Å². The summed E-state index contributed by atoms with van der Waals surface area (Å²) >= 11 is 0. The number of piperazine rings is 1. The van der Waals surface area contributed by atoms with Crippen LogP contribution < -0.4 is 10.2 Å². The van der Waals surface area contributed by atoms with E-state index in [2.05, 4.69) is 56.1 Å². The number of anilines is 1. The van der Waals surface area contributed by atoms with Crippen molar-refractivity contribution in [3.8, 4) is 0 Å². The molecule has 0 spiro atoms. The van der Waals surface area contributed by atoms with Gasteiger partial charge in [0, 0.05) is 30.9 Å². The van der Waals surface area contributed by atoms with Gasteiger partial charge in [0.15, 0.2) is 0 Å². The van der Waals surface area contributed by atoms with Crippen molar-refractivity contribution in [3.05, 3.63) is 29.3 Å². The summed E-state index contributed by atoms with van der Waals surface area (Å²) in [6.07, 6.45) is 0. The highest BCUT2D eigenvalue weighted by Gasteiger charge is 2.25. The standard InChI is InChI=1S/C14H22N2/c1-10-6-5-7-14(13(10)4)16-11(2)8-15-9-12(16)3/h5-7,11-12,15H,8-9H2,1-4H3/t11-,12-/m0/s1. The second-order valence-electron chi connectivity index (χ2n) is 4.98. The van der Waals surface area contributed by atoms with Crippen molar-refractivity contribution >= 4 is 5.69 Å². The van der Waals surface area contributed by atoms with Gasteiger partial charge in [0.1, 0.15) is 0 Å². The van der Waals surface area contributed by atoms with E-state index < -0.39 is 0 Å². The maximum Gasteiger partial charge on any atom is 0.0404 e. The second-order valence-corrected chi connectivity index (χ2v) is 4.98. The summed E-state index contributed by atoms with van der Waals surface area (Å²) in [6.45, 7) is 11.2. The van der Waals surface area contributed by atoms with Crippen LogP contribution >= 0.6 is 0 Å². The molecule has 0 aromatic heterocycles. The van der Waals surface area contributed by atoms with Crippen LogP contribution in [0.5, 0.6) is 0 Å². The summed E-state index contributed by atoms with van der Waals surface area (Å²) in [5.41, 5.74) is 4.21. The van der Waals surface area contributed by atoms with E-state index >= 15 is 0 Å². The highest BCUT2D eigenvalue weighted by atomic mass is 15.2. The number of hydrogen-bond acceptors (Lipinski definition) is 2. The van der Waals surface area contributed by atoms with Crippen LogP contribution in [0.3, 0.4) is 0 Å². The maximum atomic E-state index is 3.48. The van der Waals surface area contributed by atoms with Gasteiger partial charge in [-0.15, -0.1) is 0 Å². The lowest BCUT2D eigenvalue weighted by Gasteiger charge is -2.42. The van der Waals surface area contributed by atoms with Crippen molar-refractivity contribution in [1.82, 2.24) is 5.32 Å². The van der Waals surface area contributed by atoms with Gasteiger partial charge < -0.3 is 10.2 Å². The van der Waals surface area contributed by atoms with E-state index in [1.165, 1.54) is 16.8 Å². The molecule has 1 N–H and O–H groups in total. The van der Waals surface area contributed by atoms with Gasteiger partial charge in [-0.05, 0) is 44.9 Å². The van der Waals surface area contributed by atoms with Crippen LogP contribution in [0.4, 0.5) is 5.69 Å². The second kappa shape index (κ2) is 4.46. The molecular formula is C14H22N2. The largest absolute Gasteiger partial charge is 0.363 e. The average molecular weight is 218 g/mol. The number of nitrogens with one attached hydrogen (secondary N) is 1. The van der Waals surface area contributed by atoms with Gasteiger partial charge in [0.05, 0.1) is 0 Å². The van der Waals surface area contributed by atoms with Gasteiger partial charge in [0.25, 0.3) is 0 Å². The van der Waals surface area contributed by atoms with Gasteiger partial charge in [-0.1, -0.05) is 12.1 Å². The Balaban J connectivity index is 2.38. The molecule has 2 rings (SSSR count). The van der Waals surface area contributed by atoms with E-state index in [0.717, 1.165) is 13.1 Å². The number of benzene rings is 1. The average Bonchev–Trinajstić information content (AvgIpc) is 2.24. The van der Waals surface area contributed by atoms with Crippen molar-refractivity contribution < 1.29 is 0 Å². The lowest BCUT2D eigenvalue weighted by atomic mass is 10.0. The normalized spacial score (nSPS) is 25.9. The van der Waals surface area contributed by atoms with E-state index in [1.807, 2.05) is 0 Å². The summed E-state index contributed by atoms with van der Waals surface area (Å²) in [6, 6.07) is 7.75. The van der Waals surface area contributed by atoms with E-state index in [9.17, 15) is 0 Å². The first kappa shape index (κ1) is 11.5. The fraction of sp³-hybridized carbons (Fsp3) is 0.571. The third kappa shape index (κ3) is 1.94. The Morgan fingerprint density at radius 1 is 1.12 bits per heavy atom. The Bertz CT molecular complexity index is 363. The minimum atomic E-state index is 0.573. The molecule has 1 heterocycles. The molecular weight excluding hydrogens is 196 g/mol. The third-order valence-electron chi connectivity index (χ3n) is 3.68. The minimum Gasteiger partial charge on any atom is -0.363 e. The van der Waals surface area contributed by atoms with Crippen LogP contribution in [-0.2, 0) is 0 Å². The zero-order valence-electron chi connectivity index (χ0n) is 10.7. The SMILES string of the molecule is Cc1cccc(N2[C@@H](C)CNC[C@@H]2C)c1C. The predicted octanol–water partition coefficient (Wildman–Crippen LogP) is 2.49. The fourth-order valence-electron chi connectivity index (χ4n) is 2.62. The molecule has 0 unspecified atom stereocenters. The summed E-state index contributed by atoms with van der Waals surface area (Å²) in [7, 11) is 0. The number of aryl methyl sites for hydroxylation is 1.